The number of primary amides is 1. The van der Waals surface area contributed by atoms with Crippen LogP contribution in [0.25, 0.3) is 10.9 Å². The number of amides is 1. The van der Waals surface area contributed by atoms with Crippen LogP contribution in [0.2, 0.25) is 0 Å². The SMILES string of the molecule is CC(C)(CC1CCN(c2ncnc3cc(F)ccc23)CC1)OC(N)=O. The Hall–Kier alpha value is -2.44. The molecule has 0 aliphatic carbocycles. The molecule has 1 aliphatic rings. The van der Waals surface area contributed by atoms with Crippen molar-refractivity contribution in [3.8, 4) is 0 Å². The summed E-state index contributed by atoms with van der Waals surface area (Å²) < 4.78 is 18.6. The minimum atomic E-state index is -0.734. The van der Waals surface area contributed by atoms with Gasteiger partial charge in [-0.1, -0.05) is 0 Å². The first kappa shape index (κ1) is 17.4. The van der Waals surface area contributed by atoms with E-state index in [9.17, 15) is 9.18 Å². The smallest absolute Gasteiger partial charge is 0.405 e. The second kappa shape index (κ2) is 6.82. The van der Waals surface area contributed by atoms with Gasteiger partial charge < -0.3 is 15.4 Å². The van der Waals surface area contributed by atoms with E-state index in [0.29, 0.717) is 11.4 Å². The number of anilines is 1. The highest BCUT2D eigenvalue weighted by molar-refractivity contribution is 5.89. The van der Waals surface area contributed by atoms with Gasteiger partial charge in [0, 0.05) is 24.5 Å². The maximum atomic E-state index is 13.4. The molecule has 1 aromatic heterocycles. The topological polar surface area (TPSA) is 81.3 Å². The molecule has 7 heteroatoms. The van der Waals surface area contributed by atoms with Gasteiger partial charge in [-0.05, 0) is 51.2 Å². The molecule has 2 aromatic rings. The number of nitrogens with zero attached hydrogens (tertiary/aromatic N) is 3. The van der Waals surface area contributed by atoms with Gasteiger partial charge in [0.2, 0.25) is 0 Å². The molecule has 0 atom stereocenters. The third kappa shape index (κ3) is 4.15. The van der Waals surface area contributed by atoms with E-state index >= 15 is 0 Å². The third-order valence-electron chi connectivity index (χ3n) is 4.65. The molecule has 1 saturated heterocycles. The van der Waals surface area contributed by atoms with Crippen LogP contribution in [0.4, 0.5) is 15.0 Å². The summed E-state index contributed by atoms with van der Waals surface area (Å²) in [6, 6.07) is 4.60. The first-order chi connectivity index (χ1) is 11.8. The maximum Gasteiger partial charge on any atom is 0.405 e. The van der Waals surface area contributed by atoms with Gasteiger partial charge >= 0.3 is 6.09 Å². The number of aromatic nitrogens is 2. The molecule has 2 heterocycles. The summed E-state index contributed by atoms with van der Waals surface area (Å²) in [4.78, 5) is 21.8. The average molecular weight is 346 g/mol. The Bertz CT molecular complexity index is 773. The van der Waals surface area contributed by atoms with Crippen molar-refractivity contribution in [3.63, 3.8) is 0 Å². The summed E-state index contributed by atoms with van der Waals surface area (Å²) in [7, 11) is 0. The van der Waals surface area contributed by atoms with E-state index in [4.69, 9.17) is 10.5 Å². The Balaban J connectivity index is 1.68. The highest BCUT2D eigenvalue weighted by Gasteiger charge is 2.29. The van der Waals surface area contributed by atoms with E-state index in [1.54, 1.807) is 6.07 Å². The molecule has 0 radical (unpaired) electrons. The molecule has 0 unspecified atom stereocenters. The number of fused-ring (bicyclic) bond motifs is 1. The summed E-state index contributed by atoms with van der Waals surface area (Å²) in [5, 5.41) is 0.861. The zero-order valence-corrected chi connectivity index (χ0v) is 14.5. The zero-order valence-electron chi connectivity index (χ0n) is 14.5. The fourth-order valence-corrected chi connectivity index (χ4v) is 3.63. The lowest BCUT2D eigenvalue weighted by Crippen LogP contribution is -2.39. The number of ether oxygens (including phenoxy) is 1. The maximum absolute atomic E-state index is 13.4. The lowest BCUT2D eigenvalue weighted by Gasteiger charge is -2.36. The molecule has 134 valence electrons. The second-order valence-corrected chi connectivity index (χ2v) is 7.17. The summed E-state index contributed by atoms with van der Waals surface area (Å²) >= 11 is 0. The van der Waals surface area contributed by atoms with Gasteiger partial charge in [-0.25, -0.2) is 19.2 Å². The van der Waals surface area contributed by atoms with Gasteiger partial charge in [0.15, 0.2) is 0 Å². The number of hydrogen-bond acceptors (Lipinski definition) is 5. The summed E-state index contributed by atoms with van der Waals surface area (Å²) in [6.45, 7) is 5.47. The van der Waals surface area contributed by atoms with E-state index in [1.807, 2.05) is 13.8 Å². The number of nitrogens with two attached hydrogens (primary N) is 1. The molecule has 25 heavy (non-hydrogen) atoms. The van der Waals surface area contributed by atoms with Crippen LogP contribution >= 0.6 is 0 Å². The van der Waals surface area contributed by atoms with Gasteiger partial charge in [0.25, 0.3) is 0 Å². The molecule has 1 aliphatic heterocycles. The second-order valence-electron chi connectivity index (χ2n) is 7.17. The largest absolute Gasteiger partial charge is 0.444 e. The predicted molar refractivity (Wildman–Crippen MR) is 93.8 cm³/mol. The fraction of sp³-hybridized carbons (Fsp3) is 0.500. The molecule has 3 rings (SSSR count). The van der Waals surface area contributed by atoms with Gasteiger partial charge in [-0.3, -0.25) is 0 Å². The van der Waals surface area contributed by atoms with Crippen LogP contribution < -0.4 is 10.6 Å². The summed E-state index contributed by atoms with van der Waals surface area (Å²) in [6.07, 6.45) is 3.46. The van der Waals surface area contributed by atoms with Crippen molar-refractivity contribution in [2.45, 2.75) is 38.7 Å². The van der Waals surface area contributed by atoms with E-state index in [0.717, 1.165) is 43.6 Å². The Kier molecular flexibility index (Phi) is 4.74. The van der Waals surface area contributed by atoms with E-state index in [-0.39, 0.29) is 5.82 Å². The number of benzene rings is 1. The van der Waals surface area contributed by atoms with E-state index in [2.05, 4.69) is 14.9 Å². The molecule has 1 aromatic carbocycles. The predicted octanol–water partition coefficient (Wildman–Crippen LogP) is 3.25. The number of rotatable bonds is 4. The van der Waals surface area contributed by atoms with Crippen LogP contribution in [0, 0.1) is 11.7 Å². The van der Waals surface area contributed by atoms with Crippen LogP contribution in [0.5, 0.6) is 0 Å². The van der Waals surface area contributed by atoms with Crippen LogP contribution in [0.15, 0.2) is 24.5 Å². The van der Waals surface area contributed by atoms with Crippen molar-refractivity contribution in [2.75, 3.05) is 18.0 Å². The van der Waals surface area contributed by atoms with Crippen molar-refractivity contribution >= 4 is 22.8 Å². The monoisotopic (exact) mass is 346 g/mol. The minimum Gasteiger partial charge on any atom is -0.444 e. The standard InChI is InChI=1S/C18H23FN4O2/c1-18(2,25-17(20)24)10-12-5-7-23(8-6-12)16-14-4-3-13(19)9-15(14)21-11-22-16/h3-4,9,11-12H,5-8,10H2,1-2H3,(H2,20,24). The Morgan fingerprint density at radius 1 is 1.36 bits per heavy atom. The molecule has 2 N–H and O–H groups in total. The van der Waals surface area contributed by atoms with E-state index in [1.165, 1.54) is 18.5 Å². The zero-order chi connectivity index (χ0) is 18.0. The van der Waals surface area contributed by atoms with E-state index < -0.39 is 11.7 Å². The van der Waals surface area contributed by atoms with Gasteiger partial charge in [0.05, 0.1) is 5.52 Å². The van der Waals surface area contributed by atoms with Crippen LogP contribution in [0.3, 0.4) is 0 Å². The summed E-state index contributed by atoms with van der Waals surface area (Å²) in [5.41, 5.74) is 5.19. The molecular formula is C18H23FN4O2. The van der Waals surface area contributed by atoms with Crippen molar-refractivity contribution < 1.29 is 13.9 Å². The molecule has 0 bridgehead atoms. The van der Waals surface area contributed by atoms with Crippen LogP contribution in [-0.2, 0) is 4.74 Å². The lowest BCUT2D eigenvalue weighted by molar-refractivity contribution is 0.0236. The third-order valence-corrected chi connectivity index (χ3v) is 4.65. The number of carbonyl (C=O) groups is 1. The molecule has 6 nitrogen and oxygen atoms in total. The minimum absolute atomic E-state index is 0.299. The number of piperidine rings is 1. The molecule has 1 amide bonds. The van der Waals surface area contributed by atoms with Crippen LogP contribution in [0.1, 0.15) is 33.1 Å². The van der Waals surface area contributed by atoms with Crippen LogP contribution in [-0.4, -0.2) is 34.8 Å². The Labute approximate surface area is 146 Å². The van der Waals surface area contributed by atoms with Gasteiger partial charge in [-0.15, -0.1) is 0 Å². The first-order valence-corrected chi connectivity index (χ1v) is 8.48. The van der Waals surface area contributed by atoms with Crippen molar-refractivity contribution in [2.24, 2.45) is 11.7 Å². The molecule has 0 saturated carbocycles. The summed E-state index contributed by atoms with van der Waals surface area (Å²) in [5.74, 6) is 1.000. The fourth-order valence-electron chi connectivity index (χ4n) is 3.63. The van der Waals surface area contributed by atoms with Crippen molar-refractivity contribution in [1.82, 2.24) is 9.97 Å². The van der Waals surface area contributed by atoms with Crippen molar-refractivity contribution in [1.29, 1.82) is 0 Å². The molecule has 1 fully saturated rings. The molecule has 0 spiro atoms. The Morgan fingerprint density at radius 2 is 2.08 bits per heavy atom. The number of hydrogen-bond donors (Lipinski definition) is 1. The lowest BCUT2D eigenvalue weighted by atomic mass is 9.86. The number of halogens is 1. The van der Waals surface area contributed by atoms with Crippen molar-refractivity contribution in [3.05, 3.63) is 30.3 Å². The molecular weight excluding hydrogens is 323 g/mol. The first-order valence-electron chi connectivity index (χ1n) is 8.48. The average Bonchev–Trinajstić information content (AvgIpc) is 2.53. The highest BCUT2D eigenvalue weighted by Crippen LogP contribution is 2.32. The number of carbonyl (C=O) groups excluding carboxylic acids is 1. The normalized spacial score (nSPS) is 16.2. The van der Waals surface area contributed by atoms with Gasteiger partial charge in [0.1, 0.15) is 23.6 Å². The quantitative estimate of drug-likeness (QED) is 0.919. The Morgan fingerprint density at radius 3 is 2.76 bits per heavy atom. The highest BCUT2D eigenvalue weighted by atomic mass is 19.1. The van der Waals surface area contributed by atoms with Gasteiger partial charge in [-0.2, -0.15) is 0 Å².